The van der Waals surface area contributed by atoms with Crippen LogP contribution in [0.25, 0.3) is 0 Å². The highest BCUT2D eigenvalue weighted by Gasteiger charge is 2.10. The molecule has 0 N–H and O–H groups in total. The number of nitrogens with zero attached hydrogens (tertiary/aromatic N) is 3. The van der Waals surface area contributed by atoms with E-state index < -0.39 is 0 Å². The minimum absolute atomic E-state index is 0.581. The second-order valence-electron chi connectivity index (χ2n) is 4.00. The normalized spacial score (nSPS) is 10.2. The van der Waals surface area contributed by atoms with Crippen molar-refractivity contribution >= 4 is 21.9 Å². The van der Waals surface area contributed by atoms with Crippen LogP contribution in [-0.4, -0.2) is 29.0 Å². The molecule has 1 aromatic heterocycles. The third-order valence-corrected chi connectivity index (χ3v) is 3.03. The van der Waals surface area contributed by atoms with E-state index in [1.807, 2.05) is 18.2 Å². The monoisotopic (exact) mass is 321 g/mol. The van der Waals surface area contributed by atoms with E-state index in [1.54, 1.807) is 19.4 Å². The molecule has 0 unspecified atom stereocenters. The molecule has 0 radical (unpaired) electrons. The van der Waals surface area contributed by atoms with Crippen molar-refractivity contribution in [3.8, 4) is 5.88 Å². The lowest BCUT2D eigenvalue weighted by Crippen LogP contribution is -2.26. The molecule has 0 atom stereocenters. The summed E-state index contributed by atoms with van der Waals surface area (Å²) in [4.78, 5) is 10.8. The topological polar surface area (TPSA) is 38.2 Å². The van der Waals surface area contributed by atoms with Crippen LogP contribution in [0.4, 0.5) is 5.95 Å². The molecule has 0 saturated heterocycles. The first kappa shape index (κ1) is 13.8. The van der Waals surface area contributed by atoms with Gasteiger partial charge in [0.2, 0.25) is 11.8 Å². The van der Waals surface area contributed by atoms with Crippen molar-refractivity contribution in [3.05, 3.63) is 48.2 Å². The summed E-state index contributed by atoms with van der Waals surface area (Å²) in [7, 11) is 1.61. The lowest BCUT2D eigenvalue weighted by Gasteiger charge is -2.21. The summed E-state index contributed by atoms with van der Waals surface area (Å²) in [5, 5.41) is 0.862. The Morgan fingerprint density at radius 1 is 1.21 bits per heavy atom. The van der Waals surface area contributed by atoms with Crippen LogP contribution in [0.3, 0.4) is 0 Å². The SMILES string of the molecule is COc1ccnc(N(CCBr)Cc2ccccc2)n1. The van der Waals surface area contributed by atoms with E-state index in [1.165, 1.54) is 5.56 Å². The zero-order valence-corrected chi connectivity index (χ0v) is 12.4. The predicted molar refractivity (Wildman–Crippen MR) is 79.9 cm³/mol. The highest BCUT2D eigenvalue weighted by molar-refractivity contribution is 9.09. The maximum atomic E-state index is 5.14. The van der Waals surface area contributed by atoms with Crippen molar-refractivity contribution in [3.63, 3.8) is 0 Å². The Hall–Kier alpha value is -1.62. The average molecular weight is 322 g/mol. The first-order valence-corrected chi connectivity index (χ1v) is 7.17. The van der Waals surface area contributed by atoms with Gasteiger partial charge in [-0.05, 0) is 5.56 Å². The molecule has 0 spiro atoms. The van der Waals surface area contributed by atoms with Crippen molar-refractivity contribution in [2.75, 3.05) is 23.9 Å². The molecule has 5 heteroatoms. The lowest BCUT2D eigenvalue weighted by atomic mass is 10.2. The fraction of sp³-hybridized carbons (Fsp3) is 0.286. The Labute approximate surface area is 121 Å². The summed E-state index contributed by atoms with van der Waals surface area (Å²) < 4.78 is 5.14. The smallest absolute Gasteiger partial charge is 0.228 e. The third kappa shape index (κ3) is 3.92. The van der Waals surface area contributed by atoms with Crippen LogP contribution in [0.2, 0.25) is 0 Å². The maximum absolute atomic E-state index is 5.14. The van der Waals surface area contributed by atoms with Crippen LogP contribution in [0, 0.1) is 0 Å². The van der Waals surface area contributed by atoms with Gasteiger partial charge in [0, 0.05) is 30.7 Å². The van der Waals surface area contributed by atoms with Gasteiger partial charge in [-0.25, -0.2) is 4.98 Å². The van der Waals surface area contributed by atoms with Gasteiger partial charge in [0.05, 0.1) is 7.11 Å². The van der Waals surface area contributed by atoms with Crippen LogP contribution in [0.15, 0.2) is 42.6 Å². The molecule has 0 aliphatic carbocycles. The number of benzene rings is 1. The van der Waals surface area contributed by atoms with Gasteiger partial charge in [-0.3, -0.25) is 0 Å². The molecule has 0 amide bonds. The van der Waals surface area contributed by atoms with Gasteiger partial charge in [0.15, 0.2) is 0 Å². The summed E-state index contributed by atoms with van der Waals surface area (Å²) >= 11 is 3.47. The van der Waals surface area contributed by atoms with Crippen LogP contribution in [-0.2, 0) is 6.54 Å². The Bertz CT molecular complexity index is 507. The van der Waals surface area contributed by atoms with Gasteiger partial charge in [0.1, 0.15) is 0 Å². The van der Waals surface area contributed by atoms with E-state index in [0.717, 1.165) is 18.4 Å². The Morgan fingerprint density at radius 3 is 2.68 bits per heavy atom. The number of rotatable bonds is 6. The highest BCUT2D eigenvalue weighted by atomic mass is 79.9. The van der Waals surface area contributed by atoms with Gasteiger partial charge in [-0.1, -0.05) is 46.3 Å². The Kier molecular flexibility index (Phi) is 5.15. The third-order valence-electron chi connectivity index (χ3n) is 2.68. The van der Waals surface area contributed by atoms with E-state index in [4.69, 9.17) is 4.74 Å². The summed E-state index contributed by atoms with van der Waals surface area (Å²) in [6.45, 7) is 1.61. The quantitative estimate of drug-likeness (QED) is 0.767. The number of hydrogen-bond donors (Lipinski definition) is 0. The molecule has 0 fully saturated rings. The van der Waals surface area contributed by atoms with Gasteiger partial charge in [-0.2, -0.15) is 4.98 Å². The van der Waals surface area contributed by atoms with Gasteiger partial charge in [0.25, 0.3) is 0 Å². The summed E-state index contributed by atoms with van der Waals surface area (Å²) in [5.41, 5.74) is 1.23. The molecule has 2 rings (SSSR count). The number of aromatic nitrogens is 2. The van der Waals surface area contributed by atoms with Crippen molar-refractivity contribution in [1.29, 1.82) is 0 Å². The molecule has 1 aromatic carbocycles. The molecule has 1 heterocycles. The molecule has 100 valence electrons. The number of ether oxygens (including phenoxy) is 1. The second-order valence-corrected chi connectivity index (χ2v) is 4.79. The fourth-order valence-corrected chi connectivity index (χ4v) is 2.18. The largest absolute Gasteiger partial charge is 0.481 e. The maximum Gasteiger partial charge on any atom is 0.228 e. The standard InChI is InChI=1S/C14H16BrN3O/c1-19-13-7-9-16-14(17-13)18(10-8-15)11-12-5-3-2-4-6-12/h2-7,9H,8,10-11H2,1H3. The summed E-state index contributed by atoms with van der Waals surface area (Å²) in [6.07, 6.45) is 1.72. The number of hydrogen-bond acceptors (Lipinski definition) is 4. The van der Waals surface area contributed by atoms with Crippen LogP contribution in [0.5, 0.6) is 5.88 Å². The average Bonchev–Trinajstić information content (AvgIpc) is 2.48. The van der Waals surface area contributed by atoms with Gasteiger partial charge < -0.3 is 9.64 Å². The minimum atomic E-state index is 0.581. The van der Waals surface area contributed by atoms with Crippen LogP contribution < -0.4 is 9.64 Å². The van der Waals surface area contributed by atoms with Crippen molar-refractivity contribution in [1.82, 2.24) is 9.97 Å². The van der Waals surface area contributed by atoms with Crippen LogP contribution in [0.1, 0.15) is 5.56 Å². The van der Waals surface area contributed by atoms with E-state index in [2.05, 4.69) is 42.9 Å². The number of anilines is 1. The number of alkyl halides is 1. The molecule has 19 heavy (non-hydrogen) atoms. The number of methoxy groups -OCH3 is 1. The second kappa shape index (κ2) is 7.09. The van der Waals surface area contributed by atoms with Gasteiger partial charge in [-0.15, -0.1) is 0 Å². The summed E-state index contributed by atoms with van der Waals surface area (Å²) in [6, 6.07) is 12.0. The Morgan fingerprint density at radius 2 is 2.00 bits per heavy atom. The molecular formula is C14H16BrN3O. The fourth-order valence-electron chi connectivity index (χ4n) is 1.75. The molecule has 0 saturated carbocycles. The molecule has 0 bridgehead atoms. The molecule has 2 aromatic rings. The predicted octanol–water partition coefficient (Wildman–Crippen LogP) is 2.89. The lowest BCUT2D eigenvalue weighted by molar-refractivity contribution is 0.396. The molecule has 0 aliphatic rings. The van der Waals surface area contributed by atoms with E-state index >= 15 is 0 Å². The number of halogens is 1. The van der Waals surface area contributed by atoms with Crippen LogP contribution >= 0.6 is 15.9 Å². The van der Waals surface area contributed by atoms with E-state index in [0.29, 0.717) is 11.8 Å². The van der Waals surface area contributed by atoms with E-state index in [9.17, 15) is 0 Å². The Balaban J connectivity index is 2.19. The highest BCUT2D eigenvalue weighted by Crippen LogP contribution is 2.15. The first-order chi connectivity index (χ1) is 9.33. The van der Waals surface area contributed by atoms with Crippen molar-refractivity contribution in [2.45, 2.75) is 6.54 Å². The minimum Gasteiger partial charge on any atom is -0.481 e. The zero-order valence-electron chi connectivity index (χ0n) is 10.8. The van der Waals surface area contributed by atoms with Crippen molar-refractivity contribution in [2.24, 2.45) is 0 Å². The van der Waals surface area contributed by atoms with Crippen molar-refractivity contribution < 1.29 is 4.74 Å². The van der Waals surface area contributed by atoms with Gasteiger partial charge >= 0.3 is 0 Å². The molecular weight excluding hydrogens is 306 g/mol. The molecule has 0 aliphatic heterocycles. The first-order valence-electron chi connectivity index (χ1n) is 6.05. The van der Waals surface area contributed by atoms with E-state index in [-0.39, 0.29) is 0 Å². The molecule has 4 nitrogen and oxygen atoms in total. The summed E-state index contributed by atoms with van der Waals surface area (Å²) in [5.74, 6) is 1.26. The zero-order chi connectivity index (χ0) is 13.5.